The summed E-state index contributed by atoms with van der Waals surface area (Å²) < 4.78 is 5.66. The molecule has 0 aromatic carbocycles. The molecule has 1 aliphatic heterocycles. The number of hydrogen-bond acceptors (Lipinski definition) is 5. The summed E-state index contributed by atoms with van der Waals surface area (Å²) in [6.07, 6.45) is 6.04. The summed E-state index contributed by atoms with van der Waals surface area (Å²) in [7, 11) is 0. The molecule has 5 heteroatoms. The zero-order valence-corrected chi connectivity index (χ0v) is 10.9. The second kappa shape index (κ2) is 7.72. The Bertz CT molecular complexity index is 447. The minimum Gasteiger partial charge on any atom is -0.476 e. The number of ether oxygens (including phenoxy) is 1. The SMILES string of the molecule is OCCC#Cc1cncc(OCC2CCCNC2)n1. The first kappa shape index (κ1) is 13.8. The Hall–Kier alpha value is -1.64. The Labute approximate surface area is 113 Å². The van der Waals surface area contributed by atoms with Crippen LogP contribution in [0.1, 0.15) is 25.0 Å². The van der Waals surface area contributed by atoms with Crippen molar-refractivity contribution in [1.82, 2.24) is 15.3 Å². The van der Waals surface area contributed by atoms with E-state index in [0.717, 1.165) is 13.1 Å². The maximum atomic E-state index is 8.66. The minimum absolute atomic E-state index is 0.0608. The second-order valence-electron chi connectivity index (χ2n) is 4.54. The molecule has 0 saturated carbocycles. The van der Waals surface area contributed by atoms with E-state index in [9.17, 15) is 0 Å². The average Bonchev–Trinajstić information content (AvgIpc) is 2.47. The van der Waals surface area contributed by atoms with Gasteiger partial charge in [-0.1, -0.05) is 5.92 Å². The molecule has 1 atom stereocenters. The van der Waals surface area contributed by atoms with Gasteiger partial charge >= 0.3 is 0 Å². The Morgan fingerprint density at radius 3 is 3.21 bits per heavy atom. The first-order chi connectivity index (χ1) is 9.38. The zero-order valence-electron chi connectivity index (χ0n) is 10.9. The van der Waals surface area contributed by atoms with Gasteiger partial charge in [0.1, 0.15) is 5.69 Å². The lowest BCUT2D eigenvalue weighted by Crippen LogP contribution is -2.33. The molecule has 1 aromatic rings. The zero-order chi connectivity index (χ0) is 13.3. The number of aliphatic hydroxyl groups excluding tert-OH is 1. The van der Waals surface area contributed by atoms with E-state index >= 15 is 0 Å². The first-order valence-corrected chi connectivity index (χ1v) is 6.64. The predicted octanol–water partition coefficient (Wildman–Crippen LogP) is 0.589. The molecule has 1 aromatic heterocycles. The third-order valence-electron chi connectivity index (χ3n) is 2.93. The number of hydrogen-bond donors (Lipinski definition) is 2. The monoisotopic (exact) mass is 261 g/mol. The number of aliphatic hydroxyl groups is 1. The van der Waals surface area contributed by atoms with Crippen molar-refractivity contribution in [2.45, 2.75) is 19.3 Å². The topological polar surface area (TPSA) is 67.3 Å². The molecule has 2 rings (SSSR count). The van der Waals surface area contributed by atoms with Crippen LogP contribution in [0.3, 0.4) is 0 Å². The van der Waals surface area contributed by atoms with Crippen molar-refractivity contribution >= 4 is 0 Å². The van der Waals surface area contributed by atoms with Gasteiger partial charge in [-0.05, 0) is 25.3 Å². The van der Waals surface area contributed by atoms with Gasteiger partial charge in [0.05, 0.1) is 25.6 Å². The molecule has 19 heavy (non-hydrogen) atoms. The number of nitrogens with one attached hydrogen (secondary N) is 1. The van der Waals surface area contributed by atoms with Gasteiger partial charge in [0, 0.05) is 18.9 Å². The molecule has 0 bridgehead atoms. The lowest BCUT2D eigenvalue weighted by atomic mass is 10.0. The van der Waals surface area contributed by atoms with Crippen LogP contribution < -0.4 is 10.1 Å². The van der Waals surface area contributed by atoms with Crippen LogP contribution in [0.4, 0.5) is 0 Å². The molecule has 1 aliphatic rings. The highest BCUT2D eigenvalue weighted by Gasteiger charge is 2.13. The molecule has 102 valence electrons. The maximum Gasteiger partial charge on any atom is 0.233 e. The summed E-state index contributed by atoms with van der Waals surface area (Å²) in [6.45, 7) is 2.83. The van der Waals surface area contributed by atoms with Crippen LogP contribution in [0, 0.1) is 17.8 Å². The highest BCUT2D eigenvalue weighted by molar-refractivity contribution is 5.26. The van der Waals surface area contributed by atoms with Crippen molar-refractivity contribution in [3.05, 3.63) is 18.1 Å². The van der Waals surface area contributed by atoms with Gasteiger partial charge < -0.3 is 15.2 Å². The summed E-state index contributed by atoms with van der Waals surface area (Å²) in [4.78, 5) is 8.33. The summed E-state index contributed by atoms with van der Waals surface area (Å²) in [5.41, 5.74) is 0.577. The third-order valence-corrected chi connectivity index (χ3v) is 2.93. The summed E-state index contributed by atoms with van der Waals surface area (Å²) >= 11 is 0. The van der Waals surface area contributed by atoms with E-state index in [0.29, 0.717) is 30.5 Å². The third kappa shape index (κ3) is 4.86. The van der Waals surface area contributed by atoms with Crippen molar-refractivity contribution in [2.24, 2.45) is 5.92 Å². The van der Waals surface area contributed by atoms with Crippen molar-refractivity contribution < 1.29 is 9.84 Å². The Balaban J connectivity index is 1.86. The summed E-state index contributed by atoms with van der Waals surface area (Å²) in [5.74, 6) is 6.72. The average molecular weight is 261 g/mol. The van der Waals surface area contributed by atoms with E-state index in [1.807, 2.05) is 0 Å². The fourth-order valence-electron chi connectivity index (χ4n) is 1.96. The van der Waals surface area contributed by atoms with Gasteiger partial charge in [-0.25, -0.2) is 4.98 Å². The Kier molecular flexibility index (Phi) is 5.60. The highest BCUT2D eigenvalue weighted by Crippen LogP contribution is 2.12. The number of aromatic nitrogens is 2. The van der Waals surface area contributed by atoms with E-state index in [1.54, 1.807) is 12.4 Å². The van der Waals surface area contributed by atoms with Crippen LogP contribution in [0.5, 0.6) is 5.88 Å². The van der Waals surface area contributed by atoms with Crippen LogP contribution in [0.25, 0.3) is 0 Å². The van der Waals surface area contributed by atoms with Crippen molar-refractivity contribution in [3.8, 4) is 17.7 Å². The standard InChI is InChI=1S/C14H19N3O2/c18-7-2-1-5-13-9-16-10-14(17-13)19-11-12-4-3-6-15-8-12/h9-10,12,15,18H,2-4,6-8,11H2. The van der Waals surface area contributed by atoms with E-state index < -0.39 is 0 Å². The maximum absolute atomic E-state index is 8.66. The van der Waals surface area contributed by atoms with E-state index in [2.05, 4.69) is 27.1 Å². The van der Waals surface area contributed by atoms with Crippen LogP contribution >= 0.6 is 0 Å². The Morgan fingerprint density at radius 1 is 1.47 bits per heavy atom. The van der Waals surface area contributed by atoms with Crippen LogP contribution in [0.2, 0.25) is 0 Å². The van der Waals surface area contributed by atoms with Gasteiger partial charge in [-0.2, -0.15) is 0 Å². The highest BCUT2D eigenvalue weighted by atomic mass is 16.5. The molecule has 1 saturated heterocycles. The lowest BCUT2D eigenvalue weighted by molar-refractivity contribution is 0.211. The molecular formula is C14H19N3O2. The molecule has 2 N–H and O–H groups in total. The molecule has 0 radical (unpaired) electrons. The number of piperidine rings is 1. The van der Waals surface area contributed by atoms with E-state index in [-0.39, 0.29) is 6.61 Å². The molecular weight excluding hydrogens is 242 g/mol. The van der Waals surface area contributed by atoms with Crippen LogP contribution in [-0.2, 0) is 0 Å². The minimum atomic E-state index is 0.0608. The van der Waals surface area contributed by atoms with Crippen LogP contribution in [0.15, 0.2) is 12.4 Å². The fraction of sp³-hybridized carbons (Fsp3) is 0.571. The first-order valence-electron chi connectivity index (χ1n) is 6.64. The molecule has 1 unspecified atom stereocenters. The van der Waals surface area contributed by atoms with Gasteiger partial charge in [-0.3, -0.25) is 4.98 Å². The summed E-state index contributed by atoms with van der Waals surface area (Å²) in [5, 5.41) is 12.0. The van der Waals surface area contributed by atoms with Gasteiger partial charge in [0.25, 0.3) is 0 Å². The van der Waals surface area contributed by atoms with E-state index in [4.69, 9.17) is 9.84 Å². The van der Waals surface area contributed by atoms with Gasteiger partial charge in [0.2, 0.25) is 5.88 Å². The quantitative estimate of drug-likeness (QED) is 0.776. The number of nitrogens with zero attached hydrogens (tertiary/aromatic N) is 2. The second-order valence-corrected chi connectivity index (χ2v) is 4.54. The molecule has 2 heterocycles. The molecule has 5 nitrogen and oxygen atoms in total. The fourth-order valence-corrected chi connectivity index (χ4v) is 1.96. The van der Waals surface area contributed by atoms with Crippen molar-refractivity contribution in [1.29, 1.82) is 0 Å². The lowest BCUT2D eigenvalue weighted by Gasteiger charge is -2.22. The van der Waals surface area contributed by atoms with Crippen molar-refractivity contribution in [2.75, 3.05) is 26.3 Å². The largest absolute Gasteiger partial charge is 0.476 e. The van der Waals surface area contributed by atoms with Crippen molar-refractivity contribution in [3.63, 3.8) is 0 Å². The number of rotatable bonds is 4. The van der Waals surface area contributed by atoms with Gasteiger partial charge in [-0.15, -0.1) is 0 Å². The molecule has 0 spiro atoms. The molecule has 0 amide bonds. The van der Waals surface area contributed by atoms with E-state index in [1.165, 1.54) is 12.8 Å². The summed E-state index contributed by atoms with van der Waals surface area (Å²) in [6, 6.07) is 0. The Morgan fingerprint density at radius 2 is 2.42 bits per heavy atom. The molecule has 0 aliphatic carbocycles. The molecule has 1 fully saturated rings. The van der Waals surface area contributed by atoms with Gasteiger partial charge in [0.15, 0.2) is 0 Å². The smallest absolute Gasteiger partial charge is 0.233 e. The normalized spacial score (nSPS) is 18.5. The predicted molar refractivity (Wildman–Crippen MR) is 71.7 cm³/mol. The van der Waals surface area contributed by atoms with Crippen LogP contribution in [-0.4, -0.2) is 41.4 Å².